The van der Waals surface area contributed by atoms with Gasteiger partial charge in [0.15, 0.2) is 0 Å². The van der Waals surface area contributed by atoms with Crippen LogP contribution in [0.15, 0.2) is 27.1 Å². The first-order valence-corrected chi connectivity index (χ1v) is 6.09. The van der Waals surface area contributed by atoms with E-state index in [0.717, 1.165) is 21.1 Å². The number of halogens is 2. The maximum atomic E-state index is 9.41. The summed E-state index contributed by atoms with van der Waals surface area (Å²) < 4.78 is 1.99. The van der Waals surface area contributed by atoms with Gasteiger partial charge in [0.1, 0.15) is 0 Å². The van der Waals surface area contributed by atoms with Crippen LogP contribution in [0, 0.1) is 0 Å². The number of hydrogen-bond acceptors (Lipinski definition) is 2. The Kier molecular flexibility index (Phi) is 4.92. The molecular weight excluding hydrogens is 310 g/mol. The first-order chi connectivity index (χ1) is 6.65. The molecule has 1 atom stereocenters. The van der Waals surface area contributed by atoms with Crippen molar-refractivity contribution >= 4 is 37.5 Å². The maximum Gasteiger partial charge on any atom is 0.0709 e. The predicted molar refractivity (Wildman–Crippen MR) is 66.6 cm³/mol. The van der Waals surface area contributed by atoms with Gasteiger partial charge < -0.3 is 10.4 Å². The maximum absolute atomic E-state index is 9.41. The SMILES string of the molecule is CC[C@@H](O)CNc1c(Br)cccc1Br. The molecule has 2 N–H and O–H groups in total. The van der Waals surface area contributed by atoms with Gasteiger partial charge in [0.25, 0.3) is 0 Å². The molecule has 0 bridgehead atoms. The van der Waals surface area contributed by atoms with Crippen molar-refractivity contribution < 1.29 is 5.11 Å². The van der Waals surface area contributed by atoms with Gasteiger partial charge in [-0.1, -0.05) is 13.0 Å². The summed E-state index contributed by atoms with van der Waals surface area (Å²) >= 11 is 6.89. The lowest BCUT2D eigenvalue weighted by atomic mass is 10.2. The summed E-state index contributed by atoms with van der Waals surface area (Å²) in [5.41, 5.74) is 0.986. The second kappa shape index (κ2) is 5.73. The van der Waals surface area contributed by atoms with E-state index in [1.165, 1.54) is 0 Å². The standard InChI is InChI=1S/C10H13Br2NO/c1-2-7(14)6-13-10-8(11)4-3-5-9(10)12/h3-5,7,13-14H,2,6H2,1H3/t7-/m1/s1. The second-order valence-electron chi connectivity index (χ2n) is 3.04. The molecule has 0 heterocycles. The minimum absolute atomic E-state index is 0.297. The number of hydrogen-bond donors (Lipinski definition) is 2. The van der Waals surface area contributed by atoms with Crippen molar-refractivity contribution in [2.75, 3.05) is 11.9 Å². The van der Waals surface area contributed by atoms with Crippen molar-refractivity contribution in [2.24, 2.45) is 0 Å². The van der Waals surface area contributed by atoms with Crippen LogP contribution in [0.5, 0.6) is 0 Å². The number of rotatable bonds is 4. The molecule has 0 spiro atoms. The molecule has 0 aromatic heterocycles. The number of aliphatic hydroxyl groups is 1. The number of para-hydroxylation sites is 1. The molecular formula is C10H13Br2NO. The Morgan fingerprint density at radius 2 is 1.93 bits per heavy atom. The molecule has 0 radical (unpaired) electrons. The normalized spacial score (nSPS) is 12.6. The van der Waals surface area contributed by atoms with Crippen LogP contribution in [-0.2, 0) is 0 Å². The average Bonchev–Trinajstić information content (AvgIpc) is 2.16. The highest BCUT2D eigenvalue weighted by atomic mass is 79.9. The highest BCUT2D eigenvalue weighted by Gasteiger charge is 2.05. The van der Waals surface area contributed by atoms with Gasteiger partial charge in [-0.05, 0) is 50.4 Å². The molecule has 0 aliphatic heterocycles. The molecule has 14 heavy (non-hydrogen) atoms. The van der Waals surface area contributed by atoms with E-state index >= 15 is 0 Å². The average molecular weight is 323 g/mol. The van der Waals surface area contributed by atoms with Crippen molar-refractivity contribution in [3.05, 3.63) is 27.1 Å². The fraction of sp³-hybridized carbons (Fsp3) is 0.400. The molecule has 0 saturated carbocycles. The molecule has 4 heteroatoms. The van der Waals surface area contributed by atoms with Gasteiger partial charge in [-0.25, -0.2) is 0 Å². The van der Waals surface area contributed by atoms with E-state index in [1.54, 1.807) is 0 Å². The van der Waals surface area contributed by atoms with E-state index in [4.69, 9.17) is 0 Å². The largest absolute Gasteiger partial charge is 0.391 e. The fourth-order valence-electron chi connectivity index (χ4n) is 1.03. The highest BCUT2D eigenvalue weighted by Crippen LogP contribution is 2.30. The van der Waals surface area contributed by atoms with Crippen LogP contribution < -0.4 is 5.32 Å². The van der Waals surface area contributed by atoms with Gasteiger partial charge in [0, 0.05) is 15.5 Å². The van der Waals surface area contributed by atoms with Crippen LogP contribution in [0.4, 0.5) is 5.69 Å². The topological polar surface area (TPSA) is 32.3 Å². The summed E-state index contributed by atoms with van der Waals surface area (Å²) in [6.07, 6.45) is 0.462. The minimum atomic E-state index is -0.297. The van der Waals surface area contributed by atoms with E-state index < -0.39 is 0 Å². The van der Waals surface area contributed by atoms with E-state index in [2.05, 4.69) is 37.2 Å². The molecule has 1 aromatic rings. The van der Waals surface area contributed by atoms with Gasteiger partial charge in [-0.15, -0.1) is 0 Å². The van der Waals surface area contributed by atoms with Crippen LogP contribution in [0.25, 0.3) is 0 Å². The molecule has 0 amide bonds. The molecule has 1 aromatic carbocycles. The number of nitrogens with one attached hydrogen (secondary N) is 1. The Hall–Kier alpha value is -0.0600. The third-order valence-electron chi connectivity index (χ3n) is 1.95. The number of aliphatic hydroxyl groups excluding tert-OH is 1. The van der Waals surface area contributed by atoms with E-state index in [0.29, 0.717) is 6.54 Å². The Labute approximate surface area is 101 Å². The molecule has 0 fully saturated rings. The van der Waals surface area contributed by atoms with Crippen LogP contribution in [0.2, 0.25) is 0 Å². The Bertz CT molecular complexity index is 284. The first-order valence-electron chi connectivity index (χ1n) is 4.51. The van der Waals surface area contributed by atoms with Gasteiger partial charge in [0.05, 0.1) is 11.8 Å². The minimum Gasteiger partial charge on any atom is -0.391 e. The van der Waals surface area contributed by atoms with Crippen LogP contribution in [-0.4, -0.2) is 17.8 Å². The smallest absolute Gasteiger partial charge is 0.0709 e. The van der Waals surface area contributed by atoms with E-state index in [9.17, 15) is 5.11 Å². The quantitative estimate of drug-likeness (QED) is 0.890. The van der Waals surface area contributed by atoms with E-state index in [-0.39, 0.29) is 6.10 Å². The zero-order valence-electron chi connectivity index (χ0n) is 7.93. The molecule has 78 valence electrons. The number of benzene rings is 1. The summed E-state index contributed by atoms with van der Waals surface area (Å²) in [7, 11) is 0. The van der Waals surface area contributed by atoms with Gasteiger partial charge in [-0.3, -0.25) is 0 Å². The zero-order chi connectivity index (χ0) is 10.6. The summed E-state index contributed by atoms with van der Waals surface area (Å²) in [5.74, 6) is 0. The van der Waals surface area contributed by atoms with Crippen molar-refractivity contribution in [1.29, 1.82) is 0 Å². The highest BCUT2D eigenvalue weighted by molar-refractivity contribution is 9.11. The van der Waals surface area contributed by atoms with Crippen molar-refractivity contribution in [3.63, 3.8) is 0 Å². The van der Waals surface area contributed by atoms with Gasteiger partial charge >= 0.3 is 0 Å². The van der Waals surface area contributed by atoms with E-state index in [1.807, 2.05) is 25.1 Å². The summed E-state index contributed by atoms with van der Waals surface area (Å²) in [6.45, 7) is 2.53. The first kappa shape index (κ1) is 12.0. The molecule has 2 nitrogen and oxygen atoms in total. The van der Waals surface area contributed by atoms with Crippen molar-refractivity contribution in [3.8, 4) is 0 Å². The Morgan fingerprint density at radius 3 is 2.43 bits per heavy atom. The predicted octanol–water partition coefficient (Wildman–Crippen LogP) is 3.39. The van der Waals surface area contributed by atoms with Crippen LogP contribution in [0.1, 0.15) is 13.3 Å². The summed E-state index contributed by atoms with van der Waals surface area (Å²) in [4.78, 5) is 0. The zero-order valence-corrected chi connectivity index (χ0v) is 11.1. The molecule has 0 aliphatic rings. The fourth-order valence-corrected chi connectivity index (χ4v) is 2.31. The van der Waals surface area contributed by atoms with Crippen LogP contribution >= 0.6 is 31.9 Å². The lowest BCUT2D eigenvalue weighted by molar-refractivity contribution is 0.183. The number of anilines is 1. The third-order valence-corrected chi connectivity index (χ3v) is 3.27. The third kappa shape index (κ3) is 3.26. The second-order valence-corrected chi connectivity index (χ2v) is 4.75. The molecule has 0 unspecified atom stereocenters. The molecule has 1 rings (SSSR count). The Morgan fingerprint density at radius 1 is 1.36 bits per heavy atom. The lowest BCUT2D eigenvalue weighted by Crippen LogP contribution is -2.18. The van der Waals surface area contributed by atoms with Gasteiger partial charge in [-0.2, -0.15) is 0 Å². The molecule has 0 saturated heterocycles. The van der Waals surface area contributed by atoms with Crippen molar-refractivity contribution in [1.82, 2.24) is 0 Å². The summed E-state index contributed by atoms with van der Waals surface area (Å²) in [6, 6.07) is 5.88. The summed E-state index contributed by atoms with van der Waals surface area (Å²) in [5, 5.41) is 12.6. The lowest BCUT2D eigenvalue weighted by Gasteiger charge is -2.13. The van der Waals surface area contributed by atoms with Crippen molar-refractivity contribution in [2.45, 2.75) is 19.4 Å². The monoisotopic (exact) mass is 321 g/mol. The van der Waals surface area contributed by atoms with Crippen LogP contribution in [0.3, 0.4) is 0 Å². The molecule has 0 aliphatic carbocycles. The van der Waals surface area contributed by atoms with Gasteiger partial charge in [0.2, 0.25) is 0 Å². The Balaban J connectivity index is 2.66.